The number of rotatable bonds is 4. The molecule has 0 saturated heterocycles. The lowest BCUT2D eigenvalue weighted by molar-refractivity contribution is 0.0924. The molecule has 2 aromatic heterocycles. The van der Waals surface area contributed by atoms with E-state index in [2.05, 4.69) is 36.2 Å². The average molecular weight is 347 g/mol. The van der Waals surface area contributed by atoms with Gasteiger partial charge in [0.05, 0.1) is 6.04 Å². The minimum Gasteiger partial charge on any atom is -0.340 e. The Labute approximate surface area is 131 Å². The summed E-state index contributed by atoms with van der Waals surface area (Å²) >= 11 is 3.31. The maximum absolute atomic E-state index is 12.3. The zero-order chi connectivity index (χ0) is 14.8. The maximum atomic E-state index is 12.3. The number of pyridine rings is 1. The number of carbonyl (C=O) groups excluding carboxylic acids is 1. The number of aryl methyl sites for hydroxylation is 1. The summed E-state index contributed by atoms with van der Waals surface area (Å²) in [4.78, 5) is 25.2. The average Bonchev–Trinajstić information content (AvgIpc) is 3.30. The largest absolute Gasteiger partial charge is 0.340 e. The van der Waals surface area contributed by atoms with Crippen LogP contribution in [-0.2, 0) is 0 Å². The van der Waals surface area contributed by atoms with Crippen LogP contribution in [0.5, 0.6) is 0 Å². The van der Waals surface area contributed by atoms with Crippen molar-refractivity contribution in [3.63, 3.8) is 0 Å². The van der Waals surface area contributed by atoms with E-state index < -0.39 is 0 Å². The van der Waals surface area contributed by atoms with E-state index in [1.807, 2.05) is 13.0 Å². The van der Waals surface area contributed by atoms with Gasteiger partial charge in [-0.2, -0.15) is 0 Å². The van der Waals surface area contributed by atoms with E-state index in [0.717, 1.165) is 23.0 Å². The van der Waals surface area contributed by atoms with E-state index >= 15 is 0 Å². The van der Waals surface area contributed by atoms with Gasteiger partial charge in [-0.05, 0) is 59.8 Å². The third-order valence-corrected chi connectivity index (χ3v) is 3.90. The highest BCUT2D eigenvalue weighted by Crippen LogP contribution is 2.40. The summed E-state index contributed by atoms with van der Waals surface area (Å²) in [5, 5.41) is 3.02. The van der Waals surface area contributed by atoms with Crippen molar-refractivity contribution in [2.75, 3.05) is 0 Å². The Kier molecular flexibility index (Phi) is 3.96. The smallest absolute Gasteiger partial charge is 0.270 e. The van der Waals surface area contributed by atoms with Crippen molar-refractivity contribution >= 4 is 21.8 Å². The summed E-state index contributed by atoms with van der Waals surface area (Å²) in [6.45, 7) is 1.92. The van der Waals surface area contributed by atoms with Gasteiger partial charge in [-0.25, -0.2) is 15.0 Å². The van der Waals surface area contributed by atoms with Crippen LogP contribution in [0.15, 0.2) is 35.1 Å². The van der Waals surface area contributed by atoms with Gasteiger partial charge in [0.15, 0.2) is 5.82 Å². The summed E-state index contributed by atoms with van der Waals surface area (Å²) in [6.07, 6.45) is 5.54. The third kappa shape index (κ3) is 3.44. The minimum atomic E-state index is -0.190. The van der Waals surface area contributed by atoms with Gasteiger partial charge in [-0.3, -0.25) is 4.79 Å². The zero-order valence-electron chi connectivity index (χ0n) is 11.6. The summed E-state index contributed by atoms with van der Waals surface area (Å²) in [5.74, 6) is 0.915. The van der Waals surface area contributed by atoms with Crippen LogP contribution in [0.4, 0.5) is 0 Å². The molecular formula is C15H15BrN4O. The van der Waals surface area contributed by atoms with Crippen molar-refractivity contribution < 1.29 is 4.79 Å². The van der Waals surface area contributed by atoms with E-state index in [1.54, 1.807) is 24.5 Å². The topological polar surface area (TPSA) is 67.8 Å². The molecule has 0 spiro atoms. The van der Waals surface area contributed by atoms with E-state index in [1.165, 1.54) is 0 Å². The van der Waals surface area contributed by atoms with Crippen molar-refractivity contribution in [1.82, 2.24) is 20.3 Å². The molecule has 0 unspecified atom stereocenters. The number of carbonyl (C=O) groups is 1. The number of nitrogens with zero attached hydrogens (tertiary/aromatic N) is 3. The van der Waals surface area contributed by atoms with Gasteiger partial charge in [0.1, 0.15) is 5.69 Å². The molecule has 1 atom stereocenters. The van der Waals surface area contributed by atoms with Gasteiger partial charge in [0.2, 0.25) is 0 Å². The second kappa shape index (κ2) is 5.89. The molecule has 1 saturated carbocycles. The van der Waals surface area contributed by atoms with Gasteiger partial charge in [0, 0.05) is 22.6 Å². The number of aromatic nitrogens is 3. The molecule has 1 N–H and O–H groups in total. The SMILES string of the molecule is Cc1ccnc([C@@H](NC(=O)c2ccc(Br)cn2)C2CC2)n1. The van der Waals surface area contributed by atoms with E-state index in [9.17, 15) is 4.79 Å². The van der Waals surface area contributed by atoms with Gasteiger partial charge in [-0.15, -0.1) is 0 Å². The molecule has 0 radical (unpaired) electrons. The lowest BCUT2D eigenvalue weighted by Crippen LogP contribution is -2.31. The highest BCUT2D eigenvalue weighted by molar-refractivity contribution is 9.10. The van der Waals surface area contributed by atoms with Gasteiger partial charge in [0.25, 0.3) is 5.91 Å². The van der Waals surface area contributed by atoms with Gasteiger partial charge in [-0.1, -0.05) is 0 Å². The Bertz CT molecular complexity index is 655. The molecular weight excluding hydrogens is 332 g/mol. The summed E-state index contributed by atoms with van der Waals surface area (Å²) in [7, 11) is 0. The number of nitrogens with one attached hydrogen (secondary N) is 1. The van der Waals surface area contributed by atoms with Crippen LogP contribution in [-0.4, -0.2) is 20.9 Å². The molecule has 1 amide bonds. The number of halogens is 1. The first-order valence-corrected chi connectivity index (χ1v) is 7.65. The molecule has 0 bridgehead atoms. The van der Waals surface area contributed by atoms with Crippen LogP contribution in [0.25, 0.3) is 0 Å². The molecule has 2 heterocycles. The van der Waals surface area contributed by atoms with Crippen LogP contribution >= 0.6 is 15.9 Å². The molecule has 0 aliphatic heterocycles. The van der Waals surface area contributed by atoms with E-state index in [-0.39, 0.29) is 11.9 Å². The third-order valence-electron chi connectivity index (χ3n) is 3.43. The fourth-order valence-electron chi connectivity index (χ4n) is 2.17. The Morgan fingerprint density at radius 1 is 1.33 bits per heavy atom. The van der Waals surface area contributed by atoms with Crippen molar-refractivity contribution in [3.8, 4) is 0 Å². The minimum absolute atomic E-state index is 0.136. The van der Waals surface area contributed by atoms with E-state index in [0.29, 0.717) is 17.4 Å². The van der Waals surface area contributed by atoms with Crippen molar-refractivity contribution in [3.05, 3.63) is 52.3 Å². The first-order valence-electron chi connectivity index (χ1n) is 6.85. The molecule has 1 fully saturated rings. The molecule has 2 aromatic rings. The van der Waals surface area contributed by atoms with E-state index in [4.69, 9.17) is 0 Å². The number of amides is 1. The lowest BCUT2D eigenvalue weighted by atomic mass is 10.1. The van der Waals surface area contributed by atoms with Crippen LogP contribution in [0.3, 0.4) is 0 Å². The van der Waals surface area contributed by atoms with Crippen LogP contribution in [0.2, 0.25) is 0 Å². The lowest BCUT2D eigenvalue weighted by Gasteiger charge is -2.17. The monoisotopic (exact) mass is 346 g/mol. The van der Waals surface area contributed by atoms with Crippen molar-refractivity contribution in [2.45, 2.75) is 25.8 Å². The second-order valence-electron chi connectivity index (χ2n) is 5.21. The first kappa shape index (κ1) is 14.1. The number of hydrogen-bond donors (Lipinski definition) is 1. The molecule has 21 heavy (non-hydrogen) atoms. The Morgan fingerprint density at radius 3 is 2.76 bits per heavy atom. The molecule has 5 nitrogen and oxygen atoms in total. The zero-order valence-corrected chi connectivity index (χ0v) is 13.2. The highest BCUT2D eigenvalue weighted by atomic mass is 79.9. The first-order chi connectivity index (χ1) is 10.1. The predicted octanol–water partition coefficient (Wildman–Crippen LogP) is 2.82. The fourth-order valence-corrected chi connectivity index (χ4v) is 2.40. The molecule has 1 aliphatic rings. The van der Waals surface area contributed by atoms with Crippen LogP contribution < -0.4 is 5.32 Å². The summed E-state index contributed by atoms with van der Waals surface area (Å²) in [5.41, 5.74) is 1.30. The quantitative estimate of drug-likeness (QED) is 0.924. The summed E-state index contributed by atoms with van der Waals surface area (Å²) in [6, 6.07) is 5.21. The van der Waals surface area contributed by atoms with Crippen molar-refractivity contribution in [2.24, 2.45) is 5.92 Å². The summed E-state index contributed by atoms with van der Waals surface area (Å²) < 4.78 is 0.847. The standard InChI is InChI=1S/C15H15BrN4O/c1-9-6-7-17-14(19-9)13(10-2-3-10)20-15(21)12-5-4-11(16)8-18-12/h4-8,10,13H,2-3H2,1H3,(H,20,21)/t13-/m0/s1. The van der Waals surface area contributed by atoms with Crippen LogP contribution in [0.1, 0.15) is 40.9 Å². The normalized spacial score (nSPS) is 15.5. The number of hydrogen-bond acceptors (Lipinski definition) is 4. The predicted molar refractivity (Wildman–Crippen MR) is 81.6 cm³/mol. The Balaban J connectivity index is 1.79. The Morgan fingerprint density at radius 2 is 2.14 bits per heavy atom. The van der Waals surface area contributed by atoms with Gasteiger partial charge < -0.3 is 5.32 Å². The molecule has 0 aromatic carbocycles. The highest BCUT2D eigenvalue weighted by Gasteiger charge is 2.35. The van der Waals surface area contributed by atoms with Crippen molar-refractivity contribution in [1.29, 1.82) is 0 Å². The molecule has 3 rings (SSSR count). The molecule has 1 aliphatic carbocycles. The molecule has 6 heteroatoms. The Hall–Kier alpha value is -1.82. The maximum Gasteiger partial charge on any atom is 0.270 e. The fraction of sp³-hybridized carbons (Fsp3) is 0.333. The second-order valence-corrected chi connectivity index (χ2v) is 6.12. The molecule has 108 valence electrons. The van der Waals surface area contributed by atoms with Gasteiger partial charge >= 0.3 is 0 Å². The van der Waals surface area contributed by atoms with Crippen LogP contribution in [0, 0.1) is 12.8 Å².